The summed E-state index contributed by atoms with van der Waals surface area (Å²) in [7, 11) is 0. The standard InChI is InChI=1S/C17H21N5O2/c1-10-8-13(12(3)22(10)14-9-11(2)23-20-14)15-19-16(21-24-15)17(18)6-4-5-7-17/h8-9H,4-7,18H2,1-3H3. The van der Waals surface area contributed by atoms with Gasteiger partial charge in [-0.05, 0) is 39.7 Å². The Morgan fingerprint density at radius 3 is 2.50 bits per heavy atom. The second-order valence-electron chi connectivity index (χ2n) is 6.70. The fourth-order valence-electron chi connectivity index (χ4n) is 3.56. The Kier molecular flexibility index (Phi) is 3.35. The van der Waals surface area contributed by atoms with Gasteiger partial charge in [-0.1, -0.05) is 23.2 Å². The molecule has 4 rings (SSSR count). The van der Waals surface area contributed by atoms with Crippen molar-refractivity contribution in [2.45, 2.75) is 52.0 Å². The topological polar surface area (TPSA) is 95.9 Å². The third kappa shape index (κ3) is 2.27. The first-order valence-corrected chi connectivity index (χ1v) is 8.24. The summed E-state index contributed by atoms with van der Waals surface area (Å²) in [6.07, 6.45) is 4.03. The lowest BCUT2D eigenvalue weighted by atomic mass is 9.99. The number of nitrogens with zero attached hydrogens (tertiary/aromatic N) is 4. The number of aromatic nitrogens is 4. The number of aryl methyl sites for hydroxylation is 2. The van der Waals surface area contributed by atoms with E-state index in [1.54, 1.807) is 0 Å². The molecule has 7 nitrogen and oxygen atoms in total. The van der Waals surface area contributed by atoms with Crippen molar-refractivity contribution in [3.63, 3.8) is 0 Å². The maximum atomic E-state index is 6.43. The number of rotatable bonds is 3. The Morgan fingerprint density at radius 2 is 1.83 bits per heavy atom. The molecule has 7 heteroatoms. The SMILES string of the molecule is Cc1cc(-n2c(C)cc(-c3nc(C4(N)CCCC4)no3)c2C)no1. The first kappa shape index (κ1) is 15.1. The van der Waals surface area contributed by atoms with Crippen molar-refractivity contribution in [2.24, 2.45) is 5.73 Å². The molecule has 0 unspecified atom stereocenters. The van der Waals surface area contributed by atoms with E-state index in [0.717, 1.165) is 54.2 Å². The molecule has 1 aliphatic rings. The van der Waals surface area contributed by atoms with Crippen molar-refractivity contribution in [3.8, 4) is 17.3 Å². The summed E-state index contributed by atoms with van der Waals surface area (Å²) in [5.41, 5.74) is 8.88. The molecule has 0 atom stereocenters. The zero-order chi connectivity index (χ0) is 16.9. The average Bonchev–Trinajstić information content (AvgIpc) is 3.28. The van der Waals surface area contributed by atoms with Gasteiger partial charge in [0, 0.05) is 17.5 Å². The molecule has 0 saturated heterocycles. The normalized spacial score (nSPS) is 16.8. The Bertz CT molecular complexity index is 883. The van der Waals surface area contributed by atoms with Gasteiger partial charge < -0.3 is 14.8 Å². The van der Waals surface area contributed by atoms with Crippen LogP contribution in [0.2, 0.25) is 0 Å². The fourth-order valence-corrected chi connectivity index (χ4v) is 3.56. The molecule has 0 amide bonds. The van der Waals surface area contributed by atoms with Crippen LogP contribution >= 0.6 is 0 Å². The zero-order valence-electron chi connectivity index (χ0n) is 14.2. The van der Waals surface area contributed by atoms with E-state index in [9.17, 15) is 0 Å². The van der Waals surface area contributed by atoms with Gasteiger partial charge in [-0.25, -0.2) is 0 Å². The second-order valence-corrected chi connectivity index (χ2v) is 6.70. The predicted molar refractivity (Wildman–Crippen MR) is 87.7 cm³/mol. The minimum Gasteiger partial charge on any atom is -0.360 e. The number of nitrogens with two attached hydrogens (primary N) is 1. The Labute approximate surface area is 139 Å². The van der Waals surface area contributed by atoms with Gasteiger partial charge >= 0.3 is 0 Å². The highest BCUT2D eigenvalue weighted by Gasteiger charge is 2.36. The van der Waals surface area contributed by atoms with E-state index < -0.39 is 5.54 Å². The molecular formula is C17H21N5O2. The second kappa shape index (κ2) is 5.31. The van der Waals surface area contributed by atoms with Crippen molar-refractivity contribution in [3.05, 3.63) is 35.1 Å². The van der Waals surface area contributed by atoms with Crippen molar-refractivity contribution in [2.75, 3.05) is 0 Å². The summed E-state index contributed by atoms with van der Waals surface area (Å²) >= 11 is 0. The van der Waals surface area contributed by atoms with E-state index in [4.69, 9.17) is 14.8 Å². The lowest BCUT2D eigenvalue weighted by Crippen LogP contribution is -2.34. The van der Waals surface area contributed by atoms with Gasteiger partial charge in [0.15, 0.2) is 11.6 Å². The Balaban J connectivity index is 1.74. The summed E-state index contributed by atoms with van der Waals surface area (Å²) in [4.78, 5) is 4.59. The van der Waals surface area contributed by atoms with Crippen molar-refractivity contribution < 1.29 is 9.05 Å². The maximum absolute atomic E-state index is 6.43. The van der Waals surface area contributed by atoms with Crippen LogP contribution in [0, 0.1) is 20.8 Å². The molecule has 0 aliphatic heterocycles. The van der Waals surface area contributed by atoms with Crippen molar-refractivity contribution in [1.29, 1.82) is 0 Å². The highest BCUT2D eigenvalue weighted by Crippen LogP contribution is 2.36. The van der Waals surface area contributed by atoms with E-state index >= 15 is 0 Å². The lowest BCUT2D eigenvalue weighted by molar-refractivity contribution is 0.372. The third-order valence-corrected chi connectivity index (χ3v) is 4.87. The molecule has 126 valence electrons. The minimum absolute atomic E-state index is 0.448. The summed E-state index contributed by atoms with van der Waals surface area (Å²) in [5.74, 6) is 2.63. The van der Waals surface area contributed by atoms with E-state index in [1.807, 2.05) is 37.5 Å². The monoisotopic (exact) mass is 327 g/mol. The average molecular weight is 327 g/mol. The Morgan fingerprint density at radius 1 is 1.08 bits per heavy atom. The van der Waals surface area contributed by atoms with Gasteiger partial charge in [0.2, 0.25) is 0 Å². The van der Waals surface area contributed by atoms with Crippen LogP contribution in [0.25, 0.3) is 17.3 Å². The van der Waals surface area contributed by atoms with Crippen LogP contribution in [0.5, 0.6) is 0 Å². The number of hydrogen-bond acceptors (Lipinski definition) is 6. The summed E-state index contributed by atoms with van der Waals surface area (Å²) in [6, 6.07) is 3.92. The van der Waals surface area contributed by atoms with Gasteiger partial charge in [-0.3, -0.25) is 4.57 Å². The van der Waals surface area contributed by atoms with E-state index in [-0.39, 0.29) is 0 Å². The maximum Gasteiger partial charge on any atom is 0.259 e. The smallest absolute Gasteiger partial charge is 0.259 e. The molecule has 3 heterocycles. The molecule has 0 radical (unpaired) electrons. The van der Waals surface area contributed by atoms with Crippen LogP contribution in [0.15, 0.2) is 21.2 Å². The van der Waals surface area contributed by atoms with Crippen LogP contribution in [0.1, 0.15) is 48.7 Å². The van der Waals surface area contributed by atoms with Gasteiger partial charge in [0.25, 0.3) is 5.89 Å². The van der Waals surface area contributed by atoms with Gasteiger partial charge in [0.1, 0.15) is 5.76 Å². The molecule has 3 aromatic rings. The predicted octanol–water partition coefficient (Wildman–Crippen LogP) is 3.17. The van der Waals surface area contributed by atoms with Crippen LogP contribution in [-0.2, 0) is 5.54 Å². The third-order valence-electron chi connectivity index (χ3n) is 4.87. The first-order chi connectivity index (χ1) is 11.5. The van der Waals surface area contributed by atoms with Crippen molar-refractivity contribution in [1.82, 2.24) is 19.9 Å². The molecule has 24 heavy (non-hydrogen) atoms. The molecule has 1 fully saturated rings. The Hall–Kier alpha value is -2.41. The molecular weight excluding hydrogens is 306 g/mol. The largest absolute Gasteiger partial charge is 0.360 e. The van der Waals surface area contributed by atoms with Crippen LogP contribution < -0.4 is 5.73 Å². The van der Waals surface area contributed by atoms with Gasteiger partial charge in [-0.2, -0.15) is 4.98 Å². The lowest BCUT2D eigenvalue weighted by Gasteiger charge is -2.17. The summed E-state index contributed by atoms with van der Waals surface area (Å²) in [6.45, 7) is 5.89. The molecule has 1 aliphatic carbocycles. The molecule has 2 N–H and O–H groups in total. The van der Waals surface area contributed by atoms with E-state index in [1.165, 1.54) is 0 Å². The van der Waals surface area contributed by atoms with Crippen LogP contribution in [0.4, 0.5) is 0 Å². The molecule has 0 aromatic carbocycles. The highest BCUT2D eigenvalue weighted by molar-refractivity contribution is 5.60. The van der Waals surface area contributed by atoms with Gasteiger partial charge in [-0.15, -0.1) is 0 Å². The van der Waals surface area contributed by atoms with Crippen LogP contribution in [-0.4, -0.2) is 19.9 Å². The quantitative estimate of drug-likeness (QED) is 0.793. The summed E-state index contributed by atoms with van der Waals surface area (Å²) in [5, 5.41) is 8.24. The molecule has 0 bridgehead atoms. The number of hydrogen-bond donors (Lipinski definition) is 1. The summed E-state index contributed by atoms with van der Waals surface area (Å²) < 4.78 is 12.7. The van der Waals surface area contributed by atoms with Gasteiger partial charge in [0.05, 0.1) is 11.1 Å². The van der Waals surface area contributed by atoms with E-state index in [2.05, 4.69) is 15.3 Å². The molecule has 1 saturated carbocycles. The zero-order valence-corrected chi connectivity index (χ0v) is 14.2. The van der Waals surface area contributed by atoms with E-state index in [0.29, 0.717) is 11.7 Å². The molecule has 0 spiro atoms. The molecule has 3 aromatic heterocycles. The minimum atomic E-state index is -0.448. The highest BCUT2D eigenvalue weighted by atomic mass is 16.5. The first-order valence-electron chi connectivity index (χ1n) is 8.24. The van der Waals surface area contributed by atoms with Crippen molar-refractivity contribution >= 4 is 0 Å². The fraction of sp³-hybridized carbons (Fsp3) is 0.471. The van der Waals surface area contributed by atoms with Crippen LogP contribution in [0.3, 0.4) is 0 Å².